The Morgan fingerprint density at radius 3 is 2.64 bits per heavy atom. The standard InChI is InChI=1S/C19H19N3O3/c20-9-14-3-6-17(7-4-14)24-13-18(23)21-10-16-5-8-19(22-11-16)25-12-15-1-2-15/h3-8,11,15H,1-2,10,12-13H2,(H,21,23). The van der Waals surface area contributed by atoms with Gasteiger partial charge in [-0.1, -0.05) is 6.07 Å². The van der Waals surface area contributed by atoms with Gasteiger partial charge in [-0.05, 0) is 48.6 Å². The summed E-state index contributed by atoms with van der Waals surface area (Å²) in [6.07, 6.45) is 4.19. The van der Waals surface area contributed by atoms with Gasteiger partial charge in [0, 0.05) is 18.8 Å². The van der Waals surface area contributed by atoms with Crippen LogP contribution < -0.4 is 14.8 Å². The van der Waals surface area contributed by atoms with Gasteiger partial charge in [-0.15, -0.1) is 0 Å². The first-order valence-electron chi connectivity index (χ1n) is 8.20. The van der Waals surface area contributed by atoms with Crippen molar-refractivity contribution < 1.29 is 14.3 Å². The predicted octanol–water partition coefficient (Wildman–Crippen LogP) is 2.44. The van der Waals surface area contributed by atoms with Crippen LogP contribution in [0.5, 0.6) is 11.6 Å². The van der Waals surface area contributed by atoms with Crippen molar-refractivity contribution >= 4 is 5.91 Å². The highest BCUT2D eigenvalue weighted by Gasteiger charge is 2.22. The Labute approximate surface area is 146 Å². The topological polar surface area (TPSA) is 84.2 Å². The second kappa shape index (κ2) is 8.15. The lowest BCUT2D eigenvalue weighted by molar-refractivity contribution is -0.123. The third-order valence-electron chi connectivity index (χ3n) is 3.80. The lowest BCUT2D eigenvalue weighted by Crippen LogP contribution is -2.28. The van der Waals surface area contributed by atoms with Crippen molar-refractivity contribution in [1.82, 2.24) is 10.3 Å². The number of nitrogens with one attached hydrogen (secondary N) is 1. The molecule has 2 aromatic rings. The molecule has 0 bridgehead atoms. The third kappa shape index (κ3) is 5.50. The van der Waals surface area contributed by atoms with Gasteiger partial charge < -0.3 is 14.8 Å². The maximum atomic E-state index is 11.8. The smallest absolute Gasteiger partial charge is 0.258 e. The van der Waals surface area contributed by atoms with Crippen LogP contribution in [0.15, 0.2) is 42.6 Å². The van der Waals surface area contributed by atoms with Gasteiger partial charge in [-0.25, -0.2) is 4.98 Å². The molecule has 0 atom stereocenters. The highest BCUT2D eigenvalue weighted by Crippen LogP contribution is 2.29. The molecule has 6 nitrogen and oxygen atoms in total. The average molecular weight is 337 g/mol. The fraction of sp³-hybridized carbons (Fsp3) is 0.316. The Bertz CT molecular complexity index is 747. The van der Waals surface area contributed by atoms with E-state index in [1.807, 2.05) is 18.2 Å². The number of carbonyl (C=O) groups is 1. The first kappa shape index (κ1) is 16.8. The molecule has 0 aliphatic heterocycles. The SMILES string of the molecule is N#Cc1ccc(OCC(=O)NCc2ccc(OCC3CC3)nc2)cc1. The molecule has 6 heteroatoms. The van der Waals surface area contributed by atoms with Crippen molar-refractivity contribution in [1.29, 1.82) is 5.26 Å². The Morgan fingerprint density at radius 2 is 2.00 bits per heavy atom. The van der Waals surface area contributed by atoms with E-state index < -0.39 is 0 Å². The number of benzene rings is 1. The van der Waals surface area contributed by atoms with E-state index >= 15 is 0 Å². The van der Waals surface area contributed by atoms with Crippen LogP contribution in [-0.4, -0.2) is 24.1 Å². The molecule has 1 aromatic heterocycles. The lowest BCUT2D eigenvalue weighted by Gasteiger charge is -2.08. The molecule has 1 heterocycles. The van der Waals surface area contributed by atoms with E-state index in [1.165, 1.54) is 12.8 Å². The summed E-state index contributed by atoms with van der Waals surface area (Å²) < 4.78 is 11.0. The monoisotopic (exact) mass is 337 g/mol. The molecule has 1 aliphatic carbocycles. The Hall–Kier alpha value is -3.07. The first-order chi connectivity index (χ1) is 12.2. The molecule has 1 saturated carbocycles. The zero-order valence-corrected chi connectivity index (χ0v) is 13.8. The lowest BCUT2D eigenvalue weighted by atomic mass is 10.2. The molecule has 0 radical (unpaired) electrons. The summed E-state index contributed by atoms with van der Waals surface area (Å²) in [5.74, 6) is 1.63. The van der Waals surface area contributed by atoms with E-state index in [0.717, 1.165) is 12.2 Å². The maximum Gasteiger partial charge on any atom is 0.258 e. The summed E-state index contributed by atoms with van der Waals surface area (Å²) >= 11 is 0. The van der Waals surface area contributed by atoms with Crippen molar-refractivity contribution in [3.63, 3.8) is 0 Å². The summed E-state index contributed by atoms with van der Waals surface area (Å²) in [5, 5.41) is 11.5. The van der Waals surface area contributed by atoms with Crippen LogP contribution in [0.25, 0.3) is 0 Å². The van der Waals surface area contributed by atoms with E-state index in [1.54, 1.807) is 30.5 Å². The van der Waals surface area contributed by atoms with Gasteiger partial charge in [-0.2, -0.15) is 5.26 Å². The molecular formula is C19H19N3O3. The second-order valence-corrected chi connectivity index (χ2v) is 5.96. The molecule has 0 spiro atoms. The van der Waals surface area contributed by atoms with Crippen molar-refractivity contribution in [3.8, 4) is 17.7 Å². The fourth-order valence-electron chi connectivity index (χ4n) is 2.11. The zero-order chi connectivity index (χ0) is 17.5. The molecule has 128 valence electrons. The summed E-state index contributed by atoms with van der Waals surface area (Å²) in [5.41, 5.74) is 1.44. The van der Waals surface area contributed by atoms with Crippen LogP contribution in [0.4, 0.5) is 0 Å². The molecule has 0 unspecified atom stereocenters. The normalized spacial score (nSPS) is 12.9. The van der Waals surface area contributed by atoms with Crippen LogP contribution in [0, 0.1) is 17.2 Å². The molecule has 1 aromatic carbocycles. The summed E-state index contributed by atoms with van der Waals surface area (Å²) in [6, 6.07) is 12.3. The maximum absolute atomic E-state index is 11.8. The predicted molar refractivity (Wildman–Crippen MR) is 91.0 cm³/mol. The molecule has 3 rings (SSSR count). The minimum atomic E-state index is -0.224. The van der Waals surface area contributed by atoms with Crippen molar-refractivity contribution in [2.45, 2.75) is 19.4 Å². The molecule has 1 N–H and O–H groups in total. The fourth-order valence-corrected chi connectivity index (χ4v) is 2.11. The van der Waals surface area contributed by atoms with E-state index in [4.69, 9.17) is 14.7 Å². The average Bonchev–Trinajstić information content (AvgIpc) is 3.49. The van der Waals surface area contributed by atoms with E-state index in [9.17, 15) is 4.79 Å². The number of carbonyl (C=O) groups excluding carboxylic acids is 1. The van der Waals surface area contributed by atoms with E-state index in [-0.39, 0.29) is 12.5 Å². The first-order valence-corrected chi connectivity index (χ1v) is 8.20. The number of nitrogens with zero attached hydrogens (tertiary/aromatic N) is 2. The van der Waals surface area contributed by atoms with Crippen LogP contribution in [0.3, 0.4) is 0 Å². The number of hydrogen-bond donors (Lipinski definition) is 1. The Kier molecular flexibility index (Phi) is 5.47. The number of aromatic nitrogens is 1. The van der Waals surface area contributed by atoms with Gasteiger partial charge in [0.15, 0.2) is 6.61 Å². The molecular weight excluding hydrogens is 318 g/mol. The molecule has 1 fully saturated rings. The molecule has 1 amide bonds. The van der Waals surface area contributed by atoms with Crippen LogP contribution in [0.2, 0.25) is 0 Å². The van der Waals surface area contributed by atoms with Crippen LogP contribution in [0.1, 0.15) is 24.0 Å². The number of nitriles is 1. The summed E-state index contributed by atoms with van der Waals surface area (Å²) in [7, 11) is 0. The second-order valence-electron chi connectivity index (χ2n) is 5.96. The number of hydrogen-bond acceptors (Lipinski definition) is 5. The largest absolute Gasteiger partial charge is 0.484 e. The molecule has 1 aliphatic rings. The molecule has 25 heavy (non-hydrogen) atoms. The van der Waals surface area contributed by atoms with Crippen LogP contribution >= 0.6 is 0 Å². The number of rotatable bonds is 8. The van der Waals surface area contributed by atoms with Crippen molar-refractivity contribution in [2.24, 2.45) is 5.92 Å². The summed E-state index contributed by atoms with van der Waals surface area (Å²) in [6.45, 7) is 1.03. The van der Waals surface area contributed by atoms with E-state index in [0.29, 0.717) is 29.7 Å². The Morgan fingerprint density at radius 1 is 1.20 bits per heavy atom. The van der Waals surface area contributed by atoms with Gasteiger partial charge in [0.2, 0.25) is 5.88 Å². The van der Waals surface area contributed by atoms with E-state index in [2.05, 4.69) is 10.3 Å². The van der Waals surface area contributed by atoms with Crippen LogP contribution in [-0.2, 0) is 11.3 Å². The van der Waals surface area contributed by atoms with Gasteiger partial charge >= 0.3 is 0 Å². The van der Waals surface area contributed by atoms with Crippen molar-refractivity contribution in [2.75, 3.05) is 13.2 Å². The number of ether oxygens (including phenoxy) is 2. The minimum absolute atomic E-state index is 0.0814. The quantitative estimate of drug-likeness (QED) is 0.800. The molecule has 0 saturated heterocycles. The summed E-state index contributed by atoms with van der Waals surface area (Å²) in [4.78, 5) is 16.1. The zero-order valence-electron chi connectivity index (χ0n) is 13.8. The highest BCUT2D eigenvalue weighted by atomic mass is 16.5. The number of pyridine rings is 1. The number of amides is 1. The van der Waals surface area contributed by atoms with Gasteiger partial charge in [0.25, 0.3) is 5.91 Å². The van der Waals surface area contributed by atoms with Crippen molar-refractivity contribution in [3.05, 3.63) is 53.7 Å². The van der Waals surface area contributed by atoms with Gasteiger partial charge in [0.1, 0.15) is 5.75 Å². The minimum Gasteiger partial charge on any atom is -0.484 e. The third-order valence-corrected chi connectivity index (χ3v) is 3.80. The van der Waals surface area contributed by atoms with Gasteiger partial charge in [-0.3, -0.25) is 4.79 Å². The van der Waals surface area contributed by atoms with Gasteiger partial charge in [0.05, 0.1) is 18.2 Å². The highest BCUT2D eigenvalue weighted by molar-refractivity contribution is 5.77. The Balaban J connectivity index is 1.38.